The summed E-state index contributed by atoms with van der Waals surface area (Å²) in [6.07, 6.45) is 1.19. The van der Waals surface area contributed by atoms with Gasteiger partial charge < -0.3 is 21.8 Å². The van der Waals surface area contributed by atoms with Crippen molar-refractivity contribution in [2.24, 2.45) is 11.5 Å². The molecular formula is C25H21FN4O2. The van der Waals surface area contributed by atoms with Gasteiger partial charge >= 0.3 is 0 Å². The number of amides is 2. The molecule has 0 saturated heterocycles. The largest absolute Gasteiger partial charge is 0.366 e. The molecule has 6 nitrogen and oxygen atoms in total. The van der Waals surface area contributed by atoms with E-state index in [4.69, 9.17) is 11.5 Å². The molecule has 0 spiro atoms. The fourth-order valence-corrected chi connectivity index (χ4v) is 3.80. The fourth-order valence-electron chi connectivity index (χ4n) is 3.80. The third-order valence-corrected chi connectivity index (χ3v) is 5.33. The molecular weight excluding hydrogens is 407 g/mol. The van der Waals surface area contributed by atoms with E-state index in [1.54, 1.807) is 30.3 Å². The summed E-state index contributed by atoms with van der Waals surface area (Å²) in [5.41, 5.74) is 16.9. The van der Waals surface area contributed by atoms with Crippen LogP contribution in [-0.2, 0) is 11.3 Å². The van der Waals surface area contributed by atoms with Gasteiger partial charge in [-0.05, 0) is 70.8 Å². The van der Waals surface area contributed by atoms with E-state index in [9.17, 15) is 14.0 Å². The first-order valence-corrected chi connectivity index (χ1v) is 9.90. The number of aromatic amines is 1. The number of carbonyl (C=O) groups is 2. The Balaban J connectivity index is 1.96. The molecule has 1 heterocycles. The fraction of sp³-hybridized carbons (Fsp3) is 0.0400. The molecule has 0 radical (unpaired) electrons. The molecule has 160 valence electrons. The zero-order valence-corrected chi connectivity index (χ0v) is 17.1. The first-order valence-electron chi connectivity index (χ1n) is 9.90. The summed E-state index contributed by atoms with van der Waals surface area (Å²) in [5, 5.41) is 3.53. The predicted octanol–water partition coefficient (Wildman–Crippen LogP) is 4.32. The Hall–Kier alpha value is -4.23. The molecule has 0 atom stereocenters. The van der Waals surface area contributed by atoms with Gasteiger partial charge in [-0.2, -0.15) is 0 Å². The van der Waals surface area contributed by atoms with Crippen LogP contribution in [0.2, 0.25) is 0 Å². The monoisotopic (exact) mass is 428 g/mol. The lowest BCUT2D eigenvalue weighted by Gasteiger charge is -2.15. The second-order valence-electron chi connectivity index (χ2n) is 7.23. The zero-order chi connectivity index (χ0) is 22.8. The number of H-pyrrole nitrogens is 1. The Morgan fingerprint density at radius 1 is 1.06 bits per heavy atom. The highest BCUT2D eigenvalue weighted by atomic mass is 19.1. The lowest BCUT2D eigenvalue weighted by Crippen LogP contribution is -2.13. The van der Waals surface area contributed by atoms with E-state index in [0.717, 1.165) is 27.6 Å². The lowest BCUT2D eigenvalue weighted by atomic mass is 9.93. The van der Waals surface area contributed by atoms with Crippen molar-refractivity contribution in [3.05, 3.63) is 90.3 Å². The molecule has 32 heavy (non-hydrogen) atoms. The molecule has 2 amide bonds. The Bertz CT molecular complexity index is 1360. The Labute approximate surface area is 183 Å². The van der Waals surface area contributed by atoms with Gasteiger partial charge in [-0.25, -0.2) is 4.39 Å². The molecule has 0 unspecified atom stereocenters. The summed E-state index contributed by atoms with van der Waals surface area (Å²) >= 11 is 0. The molecule has 1 aromatic heterocycles. The maximum absolute atomic E-state index is 13.4. The smallest absolute Gasteiger partial charge is 0.250 e. The van der Waals surface area contributed by atoms with Crippen molar-refractivity contribution in [1.29, 1.82) is 0 Å². The van der Waals surface area contributed by atoms with Gasteiger partial charge in [-0.15, -0.1) is 0 Å². The van der Waals surface area contributed by atoms with E-state index >= 15 is 0 Å². The van der Waals surface area contributed by atoms with Crippen LogP contribution < -0.4 is 16.8 Å². The third kappa shape index (κ3) is 3.77. The number of rotatable bonds is 6. The van der Waals surface area contributed by atoms with Gasteiger partial charge in [-0.3, -0.25) is 9.59 Å². The second kappa shape index (κ2) is 8.49. The van der Waals surface area contributed by atoms with Crippen molar-refractivity contribution in [1.82, 2.24) is 4.98 Å². The van der Waals surface area contributed by atoms with Crippen LogP contribution >= 0.6 is 0 Å². The third-order valence-electron chi connectivity index (χ3n) is 5.33. The topological polar surface area (TPSA) is 114 Å². The quantitative estimate of drug-likeness (QED) is 0.343. The molecule has 0 aliphatic carbocycles. The number of nitrogens with two attached hydrogens (primary N) is 2. The molecule has 0 bridgehead atoms. The van der Waals surface area contributed by atoms with Crippen LogP contribution in [-0.4, -0.2) is 16.8 Å². The maximum atomic E-state index is 13.4. The summed E-state index contributed by atoms with van der Waals surface area (Å²) in [6, 6.07) is 16.9. The number of nitrogens with one attached hydrogen (secondary N) is 2. The minimum absolute atomic E-state index is 0.178. The van der Waals surface area contributed by atoms with Gasteiger partial charge in [0, 0.05) is 23.3 Å². The predicted molar refractivity (Wildman–Crippen MR) is 124 cm³/mol. The van der Waals surface area contributed by atoms with Crippen LogP contribution in [0.3, 0.4) is 0 Å². The standard InChI is InChI=1S/C25H21FN4O2/c1-2-23(31)29-21-5-3-4-16(20(21)13-27)17-10-11-18(25(28)32)24-19(17)12-22(30-24)14-6-8-15(26)9-7-14/h2-12,30H,1,13,27H2,(H2,28,32)(H,29,31). The number of halogens is 1. The molecule has 4 rings (SSSR count). The van der Waals surface area contributed by atoms with Crippen molar-refractivity contribution >= 4 is 28.4 Å². The van der Waals surface area contributed by atoms with E-state index in [0.29, 0.717) is 22.5 Å². The highest BCUT2D eigenvalue weighted by Gasteiger charge is 2.18. The Morgan fingerprint density at radius 2 is 1.81 bits per heavy atom. The first kappa shape index (κ1) is 21.0. The summed E-state index contributed by atoms with van der Waals surface area (Å²) in [4.78, 5) is 27.2. The van der Waals surface area contributed by atoms with Crippen LogP contribution in [0.5, 0.6) is 0 Å². The summed E-state index contributed by atoms with van der Waals surface area (Å²) < 4.78 is 13.4. The minimum atomic E-state index is -0.569. The zero-order valence-electron chi connectivity index (χ0n) is 17.1. The Kier molecular flexibility index (Phi) is 5.57. The van der Waals surface area contributed by atoms with Crippen molar-refractivity contribution in [2.75, 3.05) is 5.32 Å². The van der Waals surface area contributed by atoms with E-state index in [1.807, 2.05) is 18.2 Å². The highest BCUT2D eigenvalue weighted by Crippen LogP contribution is 2.37. The molecule has 4 aromatic rings. The molecule has 0 saturated carbocycles. The summed E-state index contributed by atoms with van der Waals surface area (Å²) in [7, 11) is 0. The highest BCUT2D eigenvalue weighted by molar-refractivity contribution is 6.11. The van der Waals surface area contributed by atoms with Crippen LogP contribution in [0.25, 0.3) is 33.3 Å². The molecule has 3 aromatic carbocycles. The van der Waals surface area contributed by atoms with Crippen LogP contribution in [0.1, 0.15) is 15.9 Å². The van der Waals surface area contributed by atoms with Gasteiger partial charge in [-0.1, -0.05) is 24.8 Å². The summed E-state index contributed by atoms with van der Waals surface area (Å²) in [5.74, 6) is -1.25. The lowest BCUT2D eigenvalue weighted by molar-refractivity contribution is -0.111. The number of primary amides is 1. The second-order valence-corrected chi connectivity index (χ2v) is 7.23. The van der Waals surface area contributed by atoms with E-state index in [-0.39, 0.29) is 18.3 Å². The first-order chi connectivity index (χ1) is 15.4. The van der Waals surface area contributed by atoms with E-state index < -0.39 is 5.91 Å². The minimum Gasteiger partial charge on any atom is -0.366 e. The Morgan fingerprint density at radius 3 is 2.47 bits per heavy atom. The van der Waals surface area contributed by atoms with Gasteiger partial charge in [0.15, 0.2) is 0 Å². The van der Waals surface area contributed by atoms with E-state index in [2.05, 4.69) is 16.9 Å². The maximum Gasteiger partial charge on any atom is 0.250 e. The van der Waals surface area contributed by atoms with Crippen LogP contribution in [0, 0.1) is 5.82 Å². The normalized spacial score (nSPS) is 10.8. The van der Waals surface area contributed by atoms with Gasteiger partial charge in [0.2, 0.25) is 5.91 Å². The molecule has 0 fully saturated rings. The number of carbonyl (C=O) groups excluding carboxylic acids is 2. The molecule has 7 heteroatoms. The molecule has 6 N–H and O–H groups in total. The number of benzene rings is 3. The van der Waals surface area contributed by atoms with Crippen LogP contribution in [0.4, 0.5) is 10.1 Å². The van der Waals surface area contributed by atoms with Gasteiger partial charge in [0.1, 0.15) is 5.82 Å². The van der Waals surface area contributed by atoms with Crippen LogP contribution in [0.15, 0.2) is 73.3 Å². The number of hydrogen-bond acceptors (Lipinski definition) is 3. The van der Waals surface area contributed by atoms with Crippen molar-refractivity contribution in [3.8, 4) is 22.4 Å². The number of fused-ring (bicyclic) bond motifs is 1. The van der Waals surface area contributed by atoms with E-state index in [1.165, 1.54) is 18.2 Å². The number of anilines is 1. The number of aromatic nitrogens is 1. The SMILES string of the molecule is C=CC(=O)Nc1cccc(-c2ccc(C(N)=O)c3[nH]c(-c4ccc(F)cc4)cc23)c1CN. The molecule has 0 aliphatic heterocycles. The summed E-state index contributed by atoms with van der Waals surface area (Å²) in [6.45, 7) is 3.66. The van der Waals surface area contributed by atoms with Crippen molar-refractivity contribution in [2.45, 2.75) is 6.54 Å². The molecule has 0 aliphatic rings. The van der Waals surface area contributed by atoms with Crippen molar-refractivity contribution < 1.29 is 14.0 Å². The number of hydrogen-bond donors (Lipinski definition) is 4. The average molecular weight is 428 g/mol. The average Bonchev–Trinajstić information content (AvgIpc) is 3.23. The van der Waals surface area contributed by atoms with Crippen molar-refractivity contribution in [3.63, 3.8) is 0 Å². The van der Waals surface area contributed by atoms with Gasteiger partial charge in [0.05, 0.1) is 11.1 Å². The van der Waals surface area contributed by atoms with Gasteiger partial charge in [0.25, 0.3) is 5.91 Å².